The van der Waals surface area contributed by atoms with Crippen LogP contribution in [-0.2, 0) is 10.0 Å². The Hall–Kier alpha value is -1.94. The van der Waals surface area contributed by atoms with Gasteiger partial charge in [-0.25, -0.2) is 12.4 Å². The molecule has 0 amide bonds. The SMILES string of the molecule is Cc1ccc(S(=O)(=O)n2c(I)cc3c([N+](=O)[O-])cccc32)cc1. The number of aryl methyl sites for hydroxylation is 1. The zero-order valence-electron chi connectivity index (χ0n) is 11.9. The van der Waals surface area contributed by atoms with Gasteiger partial charge in [0, 0.05) is 6.07 Å². The minimum atomic E-state index is -3.83. The number of nitro groups is 1. The number of hydrogen-bond donors (Lipinski definition) is 0. The van der Waals surface area contributed by atoms with E-state index in [0.29, 0.717) is 14.6 Å². The topological polar surface area (TPSA) is 82.2 Å². The van der Waals surface area contributed by atoms with Crippen molar-refractivity contribution in [1.82, 2.24) is 3.97 Å². The molecule has 23 heavy (non-hydrogen) atoms. The Bertz CT molecular complexity index is 1020. The predicted molar refractivity (Wildman–Crippen MR) is 95.1 cm³/mol. The molecular weight excluding hydrogens is 431 g/mol. The molecule has 1 aromatic heterocycles. The second-order valence-electron chi connectivity index (χ2n) is 5.02. The molecule has 3 aromatic rings. The monoisotopic (exact) mass is 442 g/mol. The van der Waals surface area contributed by atoms with Crippen LogP contribution in [0, 0.1) is 20.7 Å². The fourth-order valence-corrected chi connectivity index (χ4v) is 5.12. The van der Waals surface area contributed by atoms with E-state index in [-0.39, 0.29) is 10.6 Å². The van der Waals surface area contributed by atoms with Gasteiger partial charge in [0.05, 0.1) is 24.4 Å². The Labute approximate surface area is 146 Å². The van der Waals surface area contributed by atoms with E-state index in [9.17, 15) is 18.5 Å². The summed E-state index contributed by atoms with van der Waals surface area (Å²) in [6.07, 6.45) is 0. The van der Waals surface area contributed by atoms with Crippen molar-refractivity contribution < 1.29 is 13.3 Å². The fraction of sp³-hybridized carbons (Fsp3) is 0.0667. The Balaban J connectivity index is 2.32. The van der Waals surface area contributed by atoms with Crippen LogP contribution in [0.1, 0.15) is 5.56 Å². The van der Waals surface area contributed by atoms with Crippen molar-refractivity contribution in [2.75, 3.05) is 0 Å². The number of nitro benzene ring substituents is 1. The average molecular weight is 442 g/mol. The first-order valence-corrected chi connectivity index (χ1v) is 9.11. The van der Waals surface area contributed by atoms with E-state index >= 15 is 0 Å². The number of rotatable bonds is 3. The molecule has 0 radical (unpaired) electrons. The standard InChI is InChI=1S/C15H11IN2O4S/c1-10-5-7-11(8-6-10)23(21,22)17-13-3-2-4-14(18(19)20)12(13)9-15(17)16/h2-9H,1H3. The summed E-state index contributed by atoms with van der Waals surface area (Å²) in [5.74, 6) is 0. The Kier molecular flexibility index (Phi) is 3.88. The second-order valence-corrected chi connectivity index (χ2v) is 7.91. The number of nitrogens with zero attached hydrogens (tertiary/aromatic N) is 2. The van der Waals surface area contributed by atoms with Crippen molar-refractivity contribution >= 4 is 49.2 Å². The van der Waals surface area contributed by atoms with E-state index < -0.39 is 14.9 Å². The highest BCUT2D eigenvalue weighted by molar-refractivity contribution is 14.1. The normalized spacial score (nSPS) is 11.7. The van der Waals surface area contributed by atoms with E-state index in [0.717, 1.165) is 9.54 Å². The Morgan fingerprint density at radius 1 is 1.13 bits per heavy atom. The molecule has 0 bridgehead atoms. The molecule has 118 valence electrons. The fourth-order valence-electron chi connectivity index (χ4n) is 2.38. The van der Waals surface area contributed by atoms with Gasteiger partial charge in [0.2, 0.25) is 0 Å². The van der Waals surface area contributed by atoms with Crippen LogP contribution in [0.4, 0.5) is 5.69 Å². The maximum atomic E-state index is 12.9. The third kappa shape index (κ3) is 2.61. The first kappa shape index (κ1) is 15.9. The number of aromatic nitrogens is 1. The molecule has 0 aliphatic rings. The molecule has 2 aromatic carbocycles. The summed E-state index contributed by atoms with van der Waals surface area (Å²) in [7, 11) is -3.83. The quantitative estimate of drug-likeness (QED) is 0.352. The van der Waals surface area contributed by atoms with E-state index in [1.807, 2.05) is 29.5 Å². The highest BCUT2D eigenvalue weighted by Gasteiger charge is 2.25. The summed E-state index contributed by atoms with van der Waals surface area (Å²) >= 11 is 1.87. The summed E-state index contributed by atoms with van der Waals surface area (Å²) in [6, 6.07) is 12.4. The molecule has 0 aliphatic heterocycles. The first-order valence-electron chi connectivity index (χ1n) is 6.59. The van der Waals surface area contributed by atoms with Gasteiger partial charge in [-0.05, 0) is 53.8 Å². The van der Waals surface area contributed by atoms with Gasteiger partial charge < -0.3 is 0 Å². The van der Waals surface area contributed by atoms with Crippen molar-refractivity contribution in [3.05, 3.63) is 67.9 Å². The lowest BCUT2D eigenvalue weighted by Crippen LogP contribution is -2.14. The van der Waals surface area contributed by atoms with Crippen molar-refractivity contribution in [3.8, 4) is 0 Å². The minimum absolute atomic E-state index is 0.113. The molecule has 8 heteroatoms. The van der Waals surface area contributed by atoms with Crippen LogP contribution in [0.3, 0.4) is 0 Å². The van der Waals surface area contributed by atoms with Crippen LogP contribution in [0.15, 0.2) is 53.4 Å². The molecule has 0 spiro atoms. The Morgan fingerprint density at radius 2 is 1.78 bits per heavy atom. The average Bonchev–Trinajstić information content (AvgIpc) is 2.83. The number of fused-ring (bicyclic) bond motifs is 1. The number of halogens is 1. The van der Waals surface area contributed by atoms with E-state index in [1.54, 1.807) is 18.2 Å². The van der Waals surface area contributed by atoms with Gasteiger partial charge in [-0.3, -0.25) is 10.1 Å². The van der Waals surface area contributed by atoms with Crippen molar-refractivity contribution in [2.45, 2.75) is 11.8 Å². The second kappa shape index (κ2) is 5.60. The van der Waals surface area contributed by atoms with Crippen LogP contribution < -0.4 is 0 Å². The molecule has 0 saturated heterocycles. The number of non-ortho nitro benzene ring substituents is 1. The van der Waals surface area contributed by atoms with Crippen LogP contribution in [0.5, 0.6) is 0 Å². The van der Waals surface area contributed by atoms with Crippen molar-refractivity contribution in [3.63, 3.8) is 0 Å². The summed E-state index contributed by atoms with van der Waals surface area (Å²) < 4.78 is 27.4. The van der Waals surface area contributed by atoms with Gasteiger partial charge in [0.15, 0.2) is 0 Å². The number of hydrogen-bond acceptors (Lipinski definition) is 4. The molecular formula is C15H11IN2O4S. The third-order valence-electron chi connectivity index (χ3n) is 3.49. The molecule has 0 unspecified atom stereocenters. The van der Waals surface area contributed by atoms with E-state index in [1.165, 1.54) is 30.3 Å². The van der Waals surface area contributed by atoms with Gasteiger partial charge in [0.1, 0.15) is 0 Å². The van der Waals surface area contributed by atoms with Crippen LogP contribution >= 0.6 is 22.6 Å². The summed E-state index contributed by atoms with van der Waals surface area (Å²) in [4.78, 5) is 10.8. The van der Waals surface area contributed by atoms with Crippen LogP contribution in [0.25, 0.3) is 10.9 Å². The minimum Gasteiger partial charge on any atom is -0.258 e. The Morgan fingerprint density at radius 3 is 2.39 bits per heavy atom. The molecule has 0 N–H and O–H groups in total. The highest BCUT2D eigenvalue weighted by Crippen LogP contribution is 2.32. The smallest absolute Gasteiger partial charge is 0.258 e. The predicted octanol–water partition coefficient (Wildman–Crippen LogP) is 3.70. The lowest BCUT2D eigenvalue weighted by Gasteiger charge is -2.09. The van der Waals surface area contributed by atoms with Gasteiger partial charge in [-0.1, -0.05) is 23.8 Å². The van der Waals surface area contributed by atoms with Crippen molar-refractivity contribution in [2.24, 2.45) is 0 Å². The van der Waals surface area contributed by atoms with Crippen LogP contribution in [-0.4, -0.2) is 17.3 Å². The summed E-state index contributed by atoms with van der Waals surface area (Å²) in [5.41, 5.74) is 1.13. The zero-order valence-corrected chi connectivity index (χ0v) is 14.9. The zero-order chi connectivity index (χ0) is 16.8. The van der Waals surface area contributed by atoms with Crippen LogP contribution in [0.2, 0.25) is 0 Å². The maximum Gasteiger partial charge on any atom is 0.278 e. The molecule has 1 heterocycles. The maximum absolute atomic E-state index is 12.9. The molecule has 3 rings (SSSR count). The summed E-state index contributed by atoms with van der Waals surface area (Å²) in [5, 5.41) is 11.4. The molecule has 0 fully saturated rings. The van der Waals surface area contributed by atoms with E-state index in [4.69, 9.17) is 0 Å². The molecule has 0 atom stereocenters. The largest absolute Gasteiger partial charge is 0.278 e. The van der Waals surface area contributed by atoms with Crippen molar-refractivity contribution in [1.29, 1.82) is 0 Å². The molecule has 0 saturated carbocycles. The lowest BCUT2D eigenvalue weighted by molar-refractivity contribution is -0.383. The van der Waals surface area contributed by atoms with Gasteiger partial charge >= 0.3 is 0 Å². The highest BCUT2D eigenvalue weighted by atomic mass is 127. The van der Waals surface area contributed by atoms with Gasteiger partial charge in [-0.15, -0.1) is 0 Å². The summed E-state index contributed by atoms with van der Waals surface area (Å²) in [6.45, 7) is 1.87. The lowest BCUT2D eigenvalue weighted by atomic mass is 10.2. The third-order valence-corrected chi connectivity index (χ3v) is 6.36. The van der Waals surface area contributed by atoms with Gasteiger partial charge in [0.25, 0.3) is 15.7 Å². The first-order chi connectivity index (χ1) is 10.8. The number of benzene rings is 2. The van der Waals surface area contributed by atoms with Gasteiger partial charge in [-0.2, -0.15) is 0 Å². The molecule has 0 aliphatic carbocycles. The molecule has 6 nitrogen and oxygen atoms in total. The van der Waals surface area contributed by atoms with E-state index in [2.05, 4.69) is 0 Å².